The minimum absolute atomic E-state index is 0. The molecular weight excluding hydrogens is 278 g/mol. The summed E-state index contributed by atoms with van der Waals surface area (Å²) in [5.74, 6) is 0. The molecule has 8 nitrogen and oxygen atoms in total. The molecule has 0 radical (unpaired) electrons. The van der Waals surface area contributed by atoms with Gasteiger partial charge in [-0.1, -0.05) is 0 Å². The Morgan fingerprint density at radius 2 is 0.400 bits per heavy atom. The van der Waals surface area contributed by atoms with Crippen LogP contribution in [-0.2, 0) is 59.7 Å². The molecule has 0 aromatic carbocycles. The van der Waals surface area contributed by atoms with Gasteiger partial charge in [-0.05, 0) is 0 Å². The molecule has 10 heavy (non-hydrogen) atoms. The molecule has 0 heterocycles. The summed E-state index contributed by atoms with van der Waals surface area (Å²) in [6.07, 6.45) is 0. The molecule has 0 bridgehead atoms. The first-order chi connectivity index (χ1) is 0. The van der Waals surface area contributed by atoms with E-state index in [1.807, 2.05) is 0 Å². The monoisotopic (exact) mass is 290 g/mol. The van der Waals surface area contributed by atoms with Crippen LogP contribution in [0.5, 0.6) is 0 Å². The van der Waals surface area contributed by atoms with Gasteiger partial charge in [0, 0.05) is 20.4 Å². The van der Waals surface area contributed by atoms with Gasteiger partial charge in [0.15, 0.2) is 0 Å². The van der Waals surface area contributed by atoms with Crippen LogP contribution in [0.4, 0.5) is 0 Å². The standard InChI is InChI=1S/Cr.4H3N.4O.Pd/h;4*1H3;;;;;/q+4;;;;;4*-2;. The Morgan fingerprint density at radius 1 is 0.400 bits per heavy atom. The molecule has 0 atom stereocenters. The van der Waals surface area contributed by atoms with E-state index in [-0.39, 0.29) is 84.3 Å². The predicted molar refractivity (Wildman–Crippen MR) is 22.8 cm³/mol. The average Bonchev–Trinajstić information content (AvgIpc) is 0. The normalized spacial score (nSPS) is 0. The van der Waals surface area contributed by atoms with Crippen LogP contribution >= 0.6 is 0 Å². The van der Waals surface area contributed by atoms with E-state index in [4.69, 9.17) is 0 Å². The van der Waals surface area contributed by atoms with E-state index in [1.165, 1.54) is 0 Å². The van der Waals surface area contributed by atoms with Crippen molar-refractivity contribution in [3.05, 3.63) is 0 Å². The van der Waals surface area contributed by atoms with Gasteiger partial charge in [-0.3, -0.25) is 0 Å². The summed E-state index contributed by atoms with van der Waals surface area (Å²) in [4.78, 5) is 0. The minimum atomic E-state index is 0. The Hall–Kier alpha value is 0.875. The van der Waals surface area contributed by atoms with Crippen LogP contribution in [0.25, 0.3) is 0 Å². The van der Waals surface area contributed by atoms with Gasteiger partial charge in [0.2, 0.25) is 0 Å². The maximum absolute atomic E-state index is 0. The van der Waals surface area contributed by atoms with Gasteiger partial charge < -0.3 is 46.5 Å². The predicted octanol–water partition coefficient (Wildman–Crippen LogP) is 0.168. The fraction of sp³-hybridized carbons (Fsp3) is 0. The minimum Gasteiger partial charge on any atom is -2.00 e. The summed E-state index contributed by atoms with van der Waals surface area (Å²) in [6.45, 7) is 0. The van der Waals surface area contributed by atoms with Crippen molar-refractivity contribution >= 4 is 0 Å². The molecule has 0 saturated carbocycles. The third-order valence-electron chi connectivity index (χ3n) is 0. The third-order valence-corrected chi connectivity index (χ3v) is 0. The summed E-state index contributed by atoms with van der Waals surface area (Å²) in [5, 5.41) is 0. The van der Waals surface area contributed by atoms with E-state index in [1.54, 1.807) is 0 Å². The second-order valence-corrected chi connectivity index (χ2v) is 0. The molecule has 12 N–H and O–H groups in total. The molecule has 0 fully saturated rings. The maximum atomic E-state index is 0. The average molecular weight is 291 g/mol. The molecule has 0 aliphatic rings. The van der Waals surface area contributed by atoms with Crippen LogP contribution in [-0.4, -0.2) is 0 Å². The van der Waals surface area contributed by atoms with Crippen molar-refractivity contribution in [1.82, 2.24) is 24.6 Å². The van der Waals surface area contributed by atoms with Crippen molar-refractivity contribution in [2.75, 3.05) is 0 Å². The van der Waals surface area contributed by atoms with E-state index < -0.39 is 0 Å². The molecule has 0 spiro atoms. The van der Waals surface area contributed by atoms with E-state index in [9.17, 15) is 0 Å². The Bertz CT molecular complexity index is 17.2. The number of rotatable bonds is 0. The van der Waals surface area contributed by atoms with Crippen LogP contribution < -0.4 is 24.6 Å². The van der Waals surface area contributed by atoms with Crippen LogP contribution in [0.1, 0.15) is 0 Å². The second kappa shape index (κ2) is 1020. The Labute approximate surface area is 84.5 Å². The Kier molecular flexibility index (Phi) is 141000. The van der Waals surface area contributed by atoms with Gasteiger partial charge in [0.25, 0.3) is 0 Å². The SMILES string of the molecule is N.N.N.N.[Cr+4].[O-2].[O-2].[O-2].[O-2].[Pd]. The number of hydrogen-bond donors (Lipinski definition) is 4. The van der Waals surface area contributed by atoms with Crippen molar-refractivity contribution < 1.29 is 59.7 Å². The first-order valence-corrected chi connectivity index (χ1v) is 0. The quantitative estimate of drug-likeness (QED) is 0.454. The van der Waals surface area contributed by atoms with Crippen molar-refractivity contribution in [3.63, 3.8) is 0 Å². The first-order valence-electron chi connectivity index (χ1n) is 0. The second-order valence-electron chi connectivity index (χ2n) is 0. The molecule has 0 aliphatic carbocycles. The van der Waals surface area contributed by atoms with E-state index >= 15 is 0 Å². The molecule has 0 rings (SSSR count). The van der Waals surface area contributed by atoms with Crippen LogP contribution in [0, 0.1) is 0 Å². The van der Waals surface area contributed by atoms with Gasteiger partial charge in [0.1, 0.15) is 0 Å². The van der Waals surface area contributed by atoms with Gasteiger partial charge in [-0.25, -0.2) is 0 Å². The first kappa shape index (κ1) is 1390. The van der Waals surface area contributed by atoms with Gasteiger partial charge in [0.05, 0.1) is 0 Å². The summed E-state index contributed by atoms with van der Waals surface area (Å²) in [5.41, 5.74) is 0. The fourth-order valence-corrected chi connectivity index (χ4v) is 0. The smallest absolute Gasteiger partial charge is 2.00 e. The molecular formula is H12CrN4O4Pd-4. The van der Waals surface area contributed by atoms with Crippen molar-refractivity contribution in [2.45, 2.75) is 0 Å². The van der Waals surface area contributed by atoms with Gasteiger partial charge >= 0.3 is 17.4 Å². The molecule has 0 aromatic heterocycles. The molecule has 0 amide bonds. The summed E-state index contributed by atoms with van der Waals surface area (Å²) < 4.78 is 0. The van der Waals surface area contributed by atoms with Crippen LogP contribution in [0.15, 0.2) is 0 Å². The topological polar surface area (TPSA) is 254 Å². The largest absolute Gasteiger partial charge is 4.00 e. The molecule has 0 unspecified atom stereocenters. The van der Waals surface area contributed by atoms with Crippen molar-refractivity contribution in [3.8, 4) is 0 Å². The molecule has 76 valence electrons. The zero-order valence-electron chi connectivity index (χ0n) is 5.19. The fourth-order valence-electron chi connectivity index (χ4n) is 0. The molecule has 0 aromatic rings. The van der Waals surface area contributed by atoms with Crippen molar-refractivity contribution in [1.29, 1.82) is 0 Å². The Balaban J connectivity index is 0. The zero-order chi connectivity index (χ0) is 0. The Morgan fingerprint density at radius 3 is 0.400 bits per heavy atom. The summed E-state index contributed by atoms with van der Waals surface area (Å²) in [6, 6.07) is 0. The van der Waals surface area contributed by atoms with E-state index in [0.29, 0.717) is 0 Å². The summed E-state index contributed by atoms with van der Waals surface area (Å²) in [7, 11) is 0. The van der Waals surface area contributed by atoms with Gasteiger partial charge in [-0.15, -0.1) is 0 Å². The van der Waals surface area contributed by atoms with Gasteiger partial charge in [-0.2, -0.15) is 0 Å². The summed E-state index contributed by atoms with van der Waals surface area (Å²) >= 11 is 0. The van der Waals surface area contributed by atoms with E-state index in [0.717, 1.165) is 0 Å². The third kappa shape index (κ3) is 719. The van der Waals surface area contributed by atoms with Crippen LogP contribution in [0.3, 0.4) is 0 Å². The van der Waals surface area contributed by atoms with Crippen LogP contribution in [0.2, 0.25) is 0 Å². The molecule has 10 heteroatoms. The van der Waals surface area contributed by atoms with E-state index in [2.05, 4.69) is 0 Å². The maximum Gasteiger partial charge on any atom is 4.00 e. The zero-order valence-corrected chi connectivity index (χ0v) is 8.02. The van der Waals surface area contributed by atoms with Crippen molar-refractivity contribution in [2.24, 2.45) is 0 Å². The molecule has 0 saturated heterocycles. The number of hydrogen-bond acceptors (Lipinski definition) is 4. The molecule has 0 aliphatic heterocycles.